The highest BCUT2D eigenvalue weighted by molar-refractivity contribution is 14.0. The predicted molar refractivity (Wildman–Crippen MR) is 139 cm³/mol. The number of guanidine groups is 1. The number of aliphatic imine (C=N–C) groups is 1. The standard InChI is InChI=1S/C24H32ClN3O2.HI/c1-3-26-22(27-17-23(2,29)19-9-5-4-6-10-19)28-18-24(13-15-30-16-14-24)20-11-7-8-12-21(20)25;/h4-12,29H,3,13-18H2,1-2H3,(H2,26,27,28);1H. The molecule has 5 nitrogen and oxygen atoms in total. The third kappa shape index (κ3) is 6.81. The topological polar surface area (TPSA) is 65.9 Å². The first kappa shape index (κ1) is 25.9. The van der Waals surface area contributed by atoms with Gasteiger partial charge in [0.25, 0.3) is 0 Å². The summed E-state index contributed by atoms with van der Waals surface area (Å²) in [5.74, 6) is 0.687. The molecule has 0 aliphatic carbocycles. The molecule has 0 saturated carbocycles. The van der Waals surface area contributed by atoms with Gasteiger partial charge in [-0.05, 0) is 43.9 Å². The van der Waals surface area contributed by atoms with Crippen LogP contribution in [0.1, 0.15) is 37.8 Å². The van der Waals surface area contributed by atoms with Crippen LogP contribution in [0.5, 0.6) is 0 Å². The van der Waals surface area contributed by atoms with Gasteiger partial charge in [-0.3, -0.25) is 0 Å². The summed E-state index contributed by atoms with van der Waals surface area (Å²) in [5, 5.41) is 18.5. The van der Waals surface area contributed by atoms with Crippen molar-refractivity contribution in [3.63, 3.8) is 0 Å². The Labute approximate surface area is 207 Å². The Kier molecular flexibility index (Phi) is 10.1. The average Bonchev–Trinajstić information content (AvgIpc) is 2.77. The van der Waals surface area contributed by atoms with E-state index in [1.165, 1.54) is 0 Å². The normalized spacial score (nSPS) is 17.9. The summed E-state index contributed by atoms with van der Waals surface area (Å²) in [6.45, 7) is 6.94. The minimum absolute atomic E-state index is 0. The summed E-state index contributed by atoms with van der Waals surface area (Å²) >= 11 is 6.56. The molecule has 2 aromatic rings. The van der Waals surface area contributed by atoms with Crippen molar-refractivity contribution < 1.29 is 9.84 Å². The third-order valence-corrected chi connectivity index (χ3v) is 6.10. The minimum Gasteiger partial charge on any atom is -0.384 e. The Balaban J connectivity index is 0.00000341. The number of nitrogens with one attached hydrogen (secondary N) is 2. The molecule has 0 amide bonds. The van der Waals surface area contributed by atoms with Crippen molar-refractivity contribution in [2.75, 3.05) is 32.8 Å². The van der Waals surface area contributed by atoms with Crippen molar-refractivity contribution in [1.29, 1.82) is 0 Å². The summed E-state index contributed by atoms with van der Waals surface area (Å²) in [6, 6.07) is 17.7. The zero-order valence-electron chi connectivity index (χ0n) is 18.2. The molecule has 1 aliphatic rings. The number of hydrogen-bond acceptors (Lipinski definition) is 3. The lowest BCUT2D eigenvalue weighted by atomic mass is 9.74. The van der Waals surface area contributed by atoms with E-state index in [2.05, 4.69) is 21.7 Å². The molecule has 3 N–H and O–H groups in total. The molecule has 2 aromatic carbocycles. The number of nitrogens with zero attached hydrogens (tertiary/aromatic N) is 1. The largest absolute Gasteiger partial charge is 0.384 e. The van der Waals surface area contributed by atoms with Gasteiger partial charge in [0, 0.05) is 36.7 Å². The van der Waals surface area contributed by atoms with Gasteiger partial charge in [0.05, 0.1) is 6.54 Å². The Bertz CT molecular complexity index is 840. The Morgan fingerprint density at radius 2 is 1.74 bits per heavy atom. The van der Waals surface area contributed by atoms with Crippen molar-refractivity contribution in [3.8, 4) is 0 Å². The second-order valence-electron chi connectivity index (χ2n) is 8.06. The van der Waals surface area contributed by atoms with Gasteiger partial charge < -0.3 is 20.5 Å². The fraction of sp³-hybridized carbons (Fsp3) is 0.458. The minimum atomic E-state index is -1.04. The van der Waals surface area contributed by atoms with Crippen LogP contribution in [0.4, 0.5) is 0 Å². The number of ether oxygens (including phenoxy) is 1. The van der Waals surface area contributed by atoms with E-state index in [0.717, 1.165) is 35.5 Å². The maximum absolute atomic E-state index is 10.9. The van der Waals surface area contributed by atoms with E-state index in [0.29, 0.717) is 25.7 Å². The fourth-order valence-corrected chi connectivity index (χ4v) is 4.25. The number of benzene rings is 2. The van der Waals surface area contributed by atoms with E-state index >= 15 is 0 Å². The van der Waals surface area contributed by atoms with Gasteiger partial charge in [-0.1, -0.05) is 60.1 Å². The summed E-state index contributed by atoms with van der Waals surface area (Å²) in [7, 11) is 0. The fourth-order valence-electron chi connectivity index (χ4n) is 3.91. The molecule has 1 saturated heterocycles. The van der Waals surface area contributed by atoms with Crippen molar-refractivity contribution in [3.05, 3.63) is 70.7 Å². The molecule has 0 bridgehead atoms. The molecular weight excluding hydrogens is 525 g/mol. The van der Waals surface area contributed by atoms with E-state index in [4.69, 9.17) is 16.3 Å². The number of aliphatic hydroxyl groups is 1. The molecule has 0 aromatic heterocycles. The monoisotopic (exact) mass is 557 g/mol. The number of halogens is 2. The molecule has 1 unspecified atom stereocenters. The molecule has 3 rings (SSSR count). The van der Waals surface area contributed by atoms with Gasteiger partial charge >= 0.3 is 0 Å². The Hall–Kier alpha value is -1.35. The summed E-state index contributed by atoms with van der Waals surface area (Å²) in [4.78, 5) is 4.67. The average molecular weight is 558 g/mol. The second-order valence-corrected chi connectivity index (χ2v) is 8.47. The third-order valence-electron chi connectivity index (χ3n) is 5.77. The molecule has 1 heterocycles. The summed E-state index contributed by atoms with van der Waals surface area (Å²) in [5.41, 5.74) is 0.841. The van der Waals surface area contributed by atoms with Crippen LogP contribution in [0.15, 0.2) is 59.6 Å². The molecule has 1 aliphatic heterocycles. The van der Waals surface area contributed by atoms with E-state index in [9.17, 15) is 5.11 Å². The van der Waals surface area contributed by atoms with Crippen molar-refractivity contribution in [2.24, 2.45) is 4.99 Å². The molecule has 7 heteroatoms. The van der Waals surface area contributed by atoms with Crippen LogP contribution in [0, 0.1) is 0 Å². The van der Waals surface area contributed by atoms with Crippen molar-refractivity contribution >= 4 is 41.5 Å². The van der Waals surface area contributed by atoms with E-state index < -0.39 is 5.60 Å². The smallest absolute Gasteiger partial charge is 0.191 e. The molecule has 1 atom stereocenters. The lowest BCUT2D eigenvalue weighted by Crippen LogP contribution is -2.48. The molecule has 0 radical (unpaired) electrons. The van der Waals surface area contributed by atoms with Crippen LogP contribution in [-0.4, -0.2) is 43.9 Å². The van der Waals surface area contributed by atoms with Crippen LogP contribution < -0.4 is 10.6 Å². The number of rotatable bonds is 7. The van der Waals surface area contributed by atoms with Crippen LogP contribution in [0.3, 0.4) is 0 Å². The first-order chi connectivity index (χ1) is 14.5. The van der Waals surface area contributed by atoms with Crippen LogP contribution in [0.25, 0.3) is 0 Å². The summed E-state index contributed by atoms with van der Waals surface area (Å²) in [6.07, 6.45) is 1.79. The van der Waals surface area contributed by atoms with Gasteiger partial charge in [-0.25, -0.2) is 4.99 Å². The van der Waals surface area contributed by atoms with E-state index in [1.54, 1.807) is 6.92 Å². The first-order valence-electron chi connectivity index (χ1n) is 10.6. The Morgan fingerprint density at radius 3 is 2.39 bits per heavy atom. The van der Waals surface area contributed by atoms with Crippen LogP contribution in [-0.2, 0) is 15.8 Å². The molecule has 0 spiro atoms. The molecule has 31 heavy (non-hydrogen) atoms. The number of hydrogen-bond donors (Lipinski definition) is 3. The molecule has 1 fully saturated rings. The quantitative estimate of drug-likeness (QED) is 0.267. The zero-order valence-corrected chi connectivity index (χ0v) is 21.3. The zero-order chi connectivity index (χ0) is 21.5. The van der Waals surface area contributed by atoms with Gasteiger partial charge in [-0.15, -0.1) is 24.0 Å². The van der Waals surface area contributed by atoms with Gasteiger partial charge in [0.2, 0.25) is 0 Å². The molecular formula is C24H33ClIN3O2. The van der Waals surface area contributed by atoms with Crippen LogP contribution in [0.2, 0.25) is 5.02 Å². The maximum atomic E-state index is 10.9. The van der Waals surface area contributed by atoms with Crippen LogP contribution >= 0.6 is 35.6 Å². The highest BCUT2D eigenvalue weighted by Gasteiger charge is 2.36. The van der Waals surface area contributed by atoms with Crippen molar-refractivity contribution in [1.82, 2.24) is 10.6 Å². The first-order valence-corrected chi connectivity index (χ1v) is 11.0. The Morgan fingerprint density at radius 1 is 1.10 bits per heavy atom. The highest BCUT2D eigenvalue weighted by Crippen LogP contribution is 2.38. The maximum Gasteiger partial charge on any atom is 0.191 e. The van der Waals surface area contributed by atoms with Gasteiger partial charge in [0.1, 0.15) is 5.60 Å². The summed E-state index contributed by atoms with van der Waals surface area (Å²) < 4.78 is 5.63. The van der Waals surface area contributed by atoms with Gasteiger partial charge in [-0.2, -0.15) is 0 Å². The van der Waals surface area contributed by atoms with Gasteiger partial charge in [0.15, 0.2) is 5.96 Å². The lowest BCUT2D eigenvalue weighted by molar-refractivity contribution is 0.0513. The van der Waals surface area contributed by atoms with E-state index in [-0.39, 0.29) is 35.9 Å². The lowest BCUT2D eigenvalue weighted by Gasteiger charge is -2.39. The van der Waals surface area contributed by atoms with E-state index in [1.807, 2.05) is 55.5 Å². The van der Waals surface area contributed by atoms with Crippen molar-refractivity contribution in [2.45, 2.75) is 37.7 Å². The highest BCUT2D eigenvalue weighted by atomic mass is 127. The second kappa shape index (κ2) is 12.0. The SMILES string of the molecule is CCNC(=NCC(C)(O)c1ccccc1)NCC1(c2ccccc2Cl)CCOCC1.I. The molecule has 170 valence electrons. The predicted octanol–water partition coefficient (Wildman–Crippen LogP) is 4.47.